The highest BCUT2D eigenvalue weighted by Gasteiger charge is 2.37. The highest BCUT2D eigenvalue weighted by Crippen LogP contribution is 2.41. The first-order valence-corrected chi connectivity index (χ1v) is 7.43. The molecule has 6 heteroatoms. The molecule has 0 fully saturated rings. The number of aliphatic hydroxyl groups is 1. The lowest BCUT2D eigenvalue weighted by Gasteiger charge is -2.29. The van der Waals surface area contributed by atoms with Gasteiger partial charge in [-0.3, -0.25) is 0 Å². The summed E-state index contributed by atoms with van der Waals surface area (Å²) < 4.78 is -0.626. The van der Waals surface area contributed by atoms with Gasteiger partial charge in [-0.1, -0.05) is 78.8 Å². The maximum Gasteiger partial charge on any atom is 0.193 e. The predicted octanol–water partition coefficient (Wildman–Crippen LogP) is 4.79. The van der Waals surface area contributed by atoms with E-state index in [0.29, 0.717) is 10.9 Å². The second-order valence-corrected chi connectivity index (χ2v) is 7.46. The van der Waals surface area contributed by atoms with Gasteiger partial charge in [-0.15, -0.1) is 0 Å². The lowest BCUT2D eigenvalue weighted by molar-refractivity contribution is 0.0556. The molecule has 0 spiro atoms. The smallest absolute Gasteiger partial charge is 0.193 e. The van der Waals surface area contributed by atoms with Gasteiger partial charge in [-0.05, 0) is 17.7 Å². The van der Waals surface area contributed by atoms with E-state index >= 15 is 0 Å². The number of benzene rings is 1. The number of alkyl halides is 4. The van der Waals surface area contributed by atoms with Crippen molar-refractivity contribution in [2.75, 3.05) is 5.33 Å². The molecule has 0 saturated carbocycles. The summed E-state index contributed by atoms with van der Waals surface area (Å²) in [6.07, 6.45) is 0.0202. The van der Waals surface area contributed by atoms with Crippen LogP contribution < -0.4 is 0 Å². The van der Waals surface area contributed by atoms with E-state index in [1.54, 1.807) is 12.1 Å². The summed E-state index contributed by atoms with van der Waals surface area (Å²) >= 11 is 23.8. The molecule has 16 heavy (non-hydrogen) atoms. The Morgan fingerprint density at radius 2 is 1.88 bits per heavy atom. The number of hydrogen-bond acceptors (Lipinski definition) is 1. The van der Waals surface area contributed by atoms with Gasteiger partial charge in [-0.25, -0.2) is 0 Å². The largest absolute Gasteiger partial charge is 0.384 e. The lowest BCUT2D eigenvalue weighted by atomic mass is 9.93. The first-order chi connectivity index (χ1) is 7.27. The van der Waals surface area contributed by atoms with Gasteiger partial charge in [0.15, 0.2) is 3.79 Å². The summed E-state index contributed by atoms with van der Waals surface area (Å²) in [5.41, 5.74) is -0.500. The molecule has 0 aliphatic rings. The molecular formula is C10H9Br2Cl3O. The fraction of sp³-hybridized carbons (Fsp3) is 0.400. The Labute approximate surface area is 126 Å². The van der Waals surface area contributed by atoms with E-state index in [2.05, 4.69) is 31.9 Å². The third kappa shape index (κ3) is 4.35. The second-order valence-electron chi connectivity index (χ2n) is 3.47. The number of hydrogen-bond donors (Lipinski definition) is 1. The van der Waals surface area contributed by atoms with Crippen LogP contribution in [0.5, 0.6) is 0 Å². The summed E-state index contributed by atoms with van der Waals surface area (Å²) in [5, 5.41) is 10.7. The van der Waals surface area contributed by atoms with Crippen LogP contribution in [0.15, 0.2) is 28.7 Å². The van der Waals surface area contributed by atoms with Gasteiger partial charge in [0.1, 0.15) is 5.60 Å². The van der Waals surface area contributed by atoms with Gasteiger partial charge in [0.05, 0.1) is 0 Å². The van der Waals surface area contributed by atoms with Crippen LogP contribution >= 0.6 is 66.7 Å². The van der Waals surface area contributed by atoms with Crippen molar-refractivity contribution < 1.29 is 5.11 Å². The molecule has 1 rings (SSSR count). The SMILES string of the molecule is OC(CBr)(CC(Cl)(Cl)Cl)c1cccc(Br)c1. The van der Waals surface area contributed by atoms with E-state index in [4.69, 9.17) is 34.8 Å². The van der Waals surface area contributed by atoms with Gasteiger partial charge >= 0.3 is 0 Å². The Morgan fingerprint density at radius 3 is 2.31 bits per heavy atom. The molecule has 1 aromatic rings. The predicted molar refractivity (Wildman–Crippen MR) is 76.7 cm³/mol. The monoisotopic (exact) mass is 408 g/mol. The molecule has 0 amide bonds. The van der Waals surface area contributed by atoms with Crippen molar-refractivity contribution in [3.63, 3.8) is 0 Å². The van der Waals surface area contributed by atoms with E-state index in [0.717, 1.165) is 4.47 Å². The van der Waals surface area contributed by atoms with Crippen LogP contribution in [0.1, 0.15) is 12.0 Å². The van der Waals surface area contributed by atoms with Gasteiger partial charge in [0, 0.05) is 16.2 Å². The Bertz CT molecular complexity index is 367. The molecule has 1 nitrogen and oxygen atoms in total. The summed E-state index contributed by atoms with van der Waals surface area (Å²) in [6, 6.07) is 7.29. The highest BCUT2D eigenvalue weighted by molar-refractivity contribution is 9.10. The van der Waals surface area contributed by atoms with Gasteiger partial charge in [0.25, 0.3) is 0 Å². The van der Waals surface area contributed by atoms with Crippen LogP contribution in [0.25, 0.3) is 0 Å². The van der Waals surface area contributed by atoms with E-state index in [-0.39, 0.29) is 6.42 Å². The zero-order valence-corrected chi connectivity index (χ0v) is 13.5. The van der Waals surface area contributed by atoms with Crippen molar-refractivity contribution in [3.8, 4) is 0 Å². The number of rotatable bonds is 3. The molecule has 90 valence electrons. The summed E-state index contributed by atoms with van der Waals surface area (Å²) in [7, 11) is 0. The third-order valence-electron chi connectivity index (χ3n) is 2.08. The molecule has 0 bridgehead atoms. The average molecular weight is 411 g/mol. The second kappa shape index (κ2) is 5.77. The first-order valence-electron chi connectivity index (χ1n) is 4.38. The van der Waals surface area contributed by atoms with E-state index in [1.165, 1.54) is 0 Å². The van der Waals surface area contributed by atoms with Gasteiger partial charge in [-0.2, -0.15) is 0 Å². The van der Waals surface area contributed by atoms with Crippen LogP contribution in [0.2, 0.25) is 0 Å². The zero-order chi connectivity index (χ0) is 12.4. The van der Waals surface area contributed by atoms with Crippen molar-refractivity contribution in [3.05, 3.63) is 34.3 Å². The van der Waals surface area contributed by atoms with Crippen LogP contribution in [0.4, 0.5) is 0 Å². The van der Waals surface area contributed by atoms with Crippen molar-refractivity contribution in [2.24, 2.45) is 0 Å². The fourth-order valence-corrected chi connectivity index (χ4v) is 2.92. The average Bonchev–Trinajstić information content (AvgIpc) is 2.15. The minimum Gasteiger partial charge on any atom is -0.384 e. The minimum atomic E-state index is -1.50. The molecule has 1 atom stereocenters. The molecule has 0 aromatic heterocycles. The van der Waals surface area contributed by atoms with Crippen LogP contribution in [-0.4, -0.2) is 14.2 Å². The molecule has 0 aliphatic carbocycles. The minimum absolute atomic E-state index is 0.0202. The van der Waals surface area contributed by atoms with Crippen molar-refractivity contribution in [1.29, 1.82) is 0 Å². The Morgan fingerprint density at radius 1 is 1.25 bits per heavy atom. The Kier molecular flexibility index (Phi) is 5.43. The van der Waals surface area contributed by atoms with Crippen LogP contribution in [0.3, 0.4) is 0 Å². The van der Waals surface area contributed by atoms with Gasteiger partial charge < -0.3 is 5.11 Å². The Balaban J connectivity index is 3.05. The molecule has 1 N–H and O–H groups in total. The molecule has 1 aromatic carbocycles. The van der Waals surface area contributed by atoms with E-state index in [1.807, 2.05) is 12.1 Å². The number of halogens is 5. The van der Waals surface area contributed by atoms with Crippen molar-refractivity contribution >= 4 is 66.7 Å². The molecular weight excluding hydrogens is 402 g/mol. The molecule has 0 radical (unpaired) electrons. The van der Waals surface area contributed by atoms with Crippen LogP contribution in [0, 0.1) is 0 Å². The summed E-state index contributed by atoms with van der Waals surface area (Å²) in [6.45, 7) is 0. The normalized spacial score (nSPS) is 15.9. The third-order valence-corrected chi connectivity index (χ3v) is 3.90. The zero-order valence-electron chi connectivity index (χ0n) is 8.06. The first kappa shape index (κ1) is 15.1. The van der Waals surface area contributed by atoms with Crippen molar-refractivity contribution in [1.82, 2.24) is 0 Å². The topological polar surface area (TPSA) is 20.2 Å². The quantitative estimate of drug-likeness (QED) is 0.709. The molecule has 0 saturated heterocycles. The summed E-state index contributed by atoms with van der Waals surface area (Å²) in [5.74, 6) is 0. The van der Waals surface area contributed by atoms with Crippen molar-refractivity contribution in [2.45, 2.75) is 15.8 Å². The molecule has 0 aliphatic heterocycles. The molecule has 1 unspecified atom stereocenters. The van der Waals surface area contributed by atoms with Crippen LogP contribution in [-0.2, 0) is 5.60 Å². The fourth-order valence-electron chi connectivity index (χ4n) is 1.34. The molecule has 0 heterocycles. The van der Waals surface area contributed by atoms with E-state index in [9.17, 15) is 5.11 Å². The highest BCUT2D eigenvalue weighted by atomic mass is 79.9. The summed E-state index contributed by atoms with van der Waals surface area (Å²) in [4.78, 5) is 0. The van der Waals surface area contributed by atoms with E-state index < -0.39 is 9.39 Å². The standard InChI is InChI=1S/C10H9Br2Cl3O/c11-6-9(16,5-10(13,14)15)7-2-1-3-8(12)4-7/h1-4,16H,5-6H2. The van der Waals surface area contributed by atoms with Gasteiger partial charge in [0.2, 0.25) is 0 Å². The maximum atomic E-state index is 10.4. The maximum absolute atomic E-state index is 10.4. The Hall–Kier alpha value is 1.01. The lowest BCUT2D eigenvalue weighted by Crippen LogP contribution is -2.32.